The molecule has 0 aliphatic heterocycles. The molecule has 0 radical (unpaired) electrons. The predicted molar refractivity (Wildman–Crippen MR) is 75.3 cm³/mol. The zero-order valence-electron chi connectivity index (χ0n) is 10.9. The SMILES string of the molecule is O=C(O)c1ccccc1C(=O)c1cccc2c1CCC2. The van der Waals surface area contributed by atoms with E-state index in [9.17, 15) is 14.7 Å². The molecule has 3 nitrogen and oxygen atoms in total. The Morgan fingerprint density at radius 3 is 2.30 bits per heavy atom. The first kappa shape index (κ1) is 12.6. The quantitative estimate of drug-likeness (QED) is 0.868. The second kappa shape index (κ2) is 4.93. The Kier molecular flexibility index (Phi) is 3.11. The first-order valence-corrected chi connectivity index (χ1v) is 6.66. The summed E-state index contributed by atoms with van der Waals surface area (Å²) in [6, 6.07) is 12.1. The van der Waals surface area contributed by atoms with Gasteiger partial charge in [0.2, 0.25) is 0 Å². The molecule has 1 aliphatic rings. The number of carboxylic acid groups (broad SMARTS) is 1. The normalized spacial score (nSPS) is 13.0. The van der Waals surface area contributed by atoms with Gasteiger partial charge < -0.3 is 5.11 Å². The smallest absolute Gasteiger partial charge is 0.336 e. The van der Waals surface area contributed by atoms with E-state index < -0.39 is 5.97 Å². The number of fused-ring (bicyclic) bond motifs is 1. The molecule has 100 valence electrons. The van der Waals surface area contributed by atoms with Crippen LogP contribution in [0.2, 0.25) is 0 Å². The molecule has 0 spiro atoms. The topological polar surface area (TPSA) is 54.4 Å². The van der Waals surface area contributed by atoms with Crippen LogP contribution in [0.5, 0.6) is 0 Å². The lowest BCUT2D eigenvalue weighted by Gasteiger charge is -2.09. The van der Waals surface area contributed by atoms with Crippen LogP contribution in [0.25, 0.3) is 0 Å². The number of benzene rings is 2. The van der Waals surface area contributed by atoms with Gasteiger partial charge in [0.25, 0.3) is 0 Å². The molecule has 3 rings (SSSR count). The number of aryl methyl sites for hydroxylation is 1. The number of carbonyl (C=O) groups is 2. The third-order valence-electron chi connectivity index (χ3n) is 3.79. The summed E-state index contributed by atoms with van der Waals surface area (Å²) in [5.41, 5.74) is 3.27. The number of rotatable bonds is 3. The number of aromatic carboxylic acids is 1. The van der Waals surface area contributed by atoms with Crippen molar-refractivity contribution in [2.75, 3.05) is 0 Å². The molecule has 0 heterocycles. The number of ketones is 1. The molecule has 0 fully saturated rings. The lowest BCUT2D eigenvalue weighted by atomic mass is 9.93. The fourth-order valence-electron chi connectivity index (χ4n) is 2.85. The van der Waals surface area contributed by atoms with Crippen LogP contribution in [0.4, 0.5) is 0 Å². The van der Waals surface area contributed by atoms with Gasteiger partial charge in [0, 0.05) is 11.1 Å². The molecule has 1 aliphatic carbocycles. The summed E-state index contributed by atoms with van der Waals surface area (Å²) in [4.78, 5) is 23.9. The van der Waals surface area contributed by atoms with Crippen LogP contribution in [0, 0.1) is 0 Å². The van der Waals surface area contributed by atoms with Gasteiger partial charge in [-0.2, -0.15) is 0 Å². The zero-order chi connectivity index (χ0) is 14.1. The van der Waals surface area contributed by atoms with Crippen LogP contribution >= 0.6 is 0 Å². The molecule has 2 aromatic rings. The highest BCUT2D eigenvalue weighted by Gasteiger charge is 2.22. The lowest BCUT2D eigenvalue weighted by Crippen LogP contribution is -2.11. The average molecular weight is 266 g/mol. The van der Waals surface area contributed by atoms with Gasteiger partial charge in [-0.1, -0.05) is 36.4 Å². The molecule has 0 saturated heterocycles. The molecular formula is C17H14O3. The second-order valence-corrected chi connectivity index (χ2v) is 4.98. The van der Waals surface area contributed by atoms with Crippen molar-refractivity contribution in [3.63, 3.8) is 0 Å². The minimum atomic E-state index is -1.07. The molecule has 0 atom stereocenters. The Balaban J connectivity index is 2.11. The standard InChI is InChI=1S/C17H14O3/c18-16(14-7-1-2-8-15(14)17(19)20)13-10-4-6-11-5-3-9-12(11)13/h1-2,4,6-8,10H,3,5,9H2,(H,19,20). The van der Waals surface area contributed by atoms with Crippen molar-refractivity contribution in [1.82, 2.24) is 0 Å². The van der Waals surface area contributed by atoms with Gasteiger partial charge in [0.05, 0.1) is 5.56 Å². The number of carboxylic acids is 1. The van der Waals surface area contributed by atoms with Crippen LogP contribution < -0.4 is 0 Å². The Labute approximate surface area is 116 Å². The number of carbonyl (C=O) groups excluding carboxylic acids is 1. The highest BCUT2D eigenvalue weighted by molar-refractivity contribution is 6.15. The average Bonchev–Trinajstić information content (AvgIpc) is 2.94. The van der Waals surface area contributed by atoms with Gasteiger partial charge in [-0.05, 0) is 36.5 Å². The second-order valence-electron chi connectivity index (χ2n) is 4.98. The number of hydrogen-bond acceptors (Lipinski definition) is 2. The van der Waals surface area contributed by atoms with E-state index in [4.69, 9.17) is 0 Å². The molecular weight excluding hydrogens is 252 g/mol. The largest absolute Gasteiger partial charge is 0.478 e. The molecule has 0 aromatic heterocycles. The van der Waals surface area contributed by atoms with Crippen molar-refractivity contribution in [3.05, 3.63) is 70.3 Å². The first-order chi connectivity index (χ1) is 9.68. The Hall–Kier alpha value is -2.42. The summed E-state index contributed by atoms with van der Waals surface area (Å²) in [6.07, 6.45) is 2.95. The van der Waals surface area contributed by atoms with E-state index in [1.807, 2.05) is 12.1 Å². The van der Waals surface area contributed by atoms with Crippen LogP contribution in [0.15, 0.2) is 42.5 Å². The summed E-state index contributed by atoms with van der Waals surface area (Å²) in [7, 11) is 0. The molecule has 0 saturated carbocycles. The third kappa shape index (κ3) is 2.01. The predicted octanol–water partition coefficient (Wildman–Crippen LogP) is 3.10. The highest BCUT2D eigenvalue weighted by atomic mass is 16.4. The van der Waals surface area contributed by atoms with E-state index in [-0.39, 0.29) is 16.9 Å². The van der Waals surface area contributed by atoms with Crippen LogP contribution in [-0.2, 0) is 12.8 Å². The maximum Gasteiger partial charge on any atom is 0.336 e. The van der Waals surface area contributed by atoms with Crippen LogP contribution in [-0.4, -0.2) is 16.9 Å². The third-order valence-corrected chi connectivity index (χ3v) is 3.79. The van der Waals surface area contributed by atoms with E-state index in [1.165, 1.54) is 11.6 Å². The monoisotopic (exact) mass is 266 g/mol. The number of hydrogen-bond donors (Lipinski definition) is 1. The summed E-state index contributed by atoms with van der Waals surface area (Å²) in [6.45, 7) is 0. The fraction of sp³-hybridized carbons (Fsp3) is 0.176. The van der Waals surface area contributed by atoms with Crippen molar-refractivity contribution >= 4 is 11.8 Å². The molecule has 0 unspecified atom stereocenters. The van der Waals surface area contributed by atoms with E-state index >= 15 is 0 Å². The minimum Gasteiger partial charge on any atom is -0.478 e. The molecule has 0 bridgehead atoms. The van der Waals surface area contributed by atoms with Gasteiger partial charge in [0.15, 0.2) is 5.78 Å². The summed E-state index contributed by atoms with van der Waals surface area (Å²) >= 11 is 0. The molecule has 1 N–H and O–H groups in total. The fourth-order valence-corrected chi connectivity index (χ4v) is 2.85. The zero-order valence-corrected chi connectivity index (χ0v) is 10.9. The van der Waals surface area contributed by atoms with Crippen molar-refractivity contribution in [3.8, 4) is 0 Å². The Bertz CT molecular complexity index is 701. The van der Waals surface area contributed by atoms with Crippen molar-refractivity contribution in [1.29, 1.82) is 0 Å². The van der Waals surface area contributed by atoms with Gasteiger partial charge in [0.1, 0.15) is 0 Å². The molecule has 0 amide bonds. The van der Waals surface area contributed by atoms with Gasteiger partial charge in [-0.25, -0.2) is 4.79 Å². The molecule has 20 heavy (non-hydrogen) atoms. The summed E-state index contributed by atoms with van der Waals surface area (Å²) in [5, 5.41) is 9.20. The van der Waals surface area contributed by atoms with Crippen molar-refractivity contribution < 1.29 is 14.7 Å². The van der Waals surface area contributed by atoms with Crippen molar-refractivity contribution in [2.24, 2.45) is 0 Å². The van der Waals surface area contributed by atoms with E-state index in [0.29, 0.717) is 5.56 Å². The lowest BCUT2D eigenvalue weighted by molar-refractivity contribution is 0.0693. The van der Waals surface area contributed by atoms with Gasteiger partial charge >= 0.3 is 5.97 Å². The van der Waals surface area contributed by atoms with Crippen LogP contribution in [0.3, 0.4) is 0 Å². The van der Waals surface area contributed by atoms with E-state index in [1.54, 1.807) is 24.3 Å². The highest BCUT2D eigenvalue weighted by Crippen LogP contribution is 2.27. The van der Waals surface area contributed by atoms with Crippen molar-refractivity contribution in [2.45, 2.75) is 19.3 Å². The minimum absolute atomic E-state index is 0.0631. The summed E-state index contributed by atoms with van der Waals surface area (Å²) in [5.74, 6) is -1.26. The maximum atomic E-state index is 12.7. The molecule has 3 heteroatoms. The maximum absolute atomic E-state index is 12.7. The van der Waals surface area contributed by atoms with E-state index in [0.717, 1.165) is 24.8 Å². The van der Waals surface area contributed by atoms with Gasteiger partial charge in [-0.15, -0.1) is 0 Å². The van der Waals surface area contributed by atoms with Gasteiger partial charge in [-0.3, -0.25) is 4.79 Å². The first-order valence-electron chi connectivity index (χ1n) is 6.66. The summed E-state index contributed by atoms with van der Waals surface area (Å²) < 4.78 is 0. The Morgan fingerprint density at radius 1 is 0.850 bits per heavy atom. The Morgan fingerprint density at radius 2 is 1.55 bits per heavy atom. The van der Waals surface area contributed by atoms with Crippen LogP contribution in [0.1, 0.15) is 43.8 Å². The molecule has 2 aromatic carbocycles. The van der Waals surface area contributed by atoms with E-state index in [2.05, 4.69) is 0 Å².